The van der Waals surface area contributed by atoms with Crippen molar-refractivity contribution in [2.24, 2.45) is 5.92 Å². The minimum absolute atomic E-state index is 0.0834. The topological polar surface area (TPSA) is 105 Å². The predicted molar refractivity (Wildman–Crippen MR) is 126 cm³/mol. The maximum absolute atomic E-state index is 12.8. The summed E-state index contributed by atoms with van der Waals surface area (Å²) in [5.74, 6) is -1.88. The molecule has 0 saturated carbocycles. The second kappa shape index (κ2) is 11.0. The SMILES string of the molecule is CCCC(NC(=O)C(NC(=O)OCC1c2ccccc2-c2ccccc21)C(C)CC)C(=O)O. The van der Waals surface area contributed by atoms with Gasteiger partial charge in [-0.15, -0.1) is 0 Å². The third-order valence-electron chi connectivity index (χ3n) is 6.30. The van der Waals surface area contributed by atoms with Gasteiger partial charge in [0.1, 0.15) is 18.7 Å². The molecule has 33 heavy (non-hydrogen) atoms. The largest absolute Gasteiger partial charge is 0.480 e. The maximum Gasteiger partial charge on any atom is 0.407 e. The Morgan fingerprint density at radius 3 is 2.06 bits per heavy atom. The van der Waals surface area contributed by atoms with E-state index in [-0.39, 0.29) is 18.4 Å². The molecule has 0 radical (unpaired) electrons. The number of alkyl carbamates (subject to hydrolysis) is 1. The first-order valence-corrected chi connectivity index (χ1v) is 11.5. The lowest BCUT2D eigenvalue weighted by Gasteiger charge is -2.25. The van der Waals surface area contributed by atoms with Crippen molar-refractivity contribution in [3.05, 3.63) is 59.7 Å². The molecule has 0 bridgehead atoms. The zero-order valence-electron chi connectivity index (χ0n) is 19.3. The zero-order chi connectivity index (χ0) is 24.0. The predicted octanol–water partition coefficient (Wildman–Crippen LogP) is 4.31. The van der Waals surface area contributed by atoms with Crippen LogP contribution < -0.4 is 10.6 Å². The van der Waals surface area contributed by atoms with Crippen molar-refractivity contribution in [3.8, 4) is 11.1 Å². The summed E-state index contributed by atoms with van der Waals surface area (Å²) in [6, 6.07) is 14.2. The van der Waals surface area contributed by atoms with E-state index in [9.17, 15) is 19.5 Å². The summed E-state index contributed by atoms with van der Waals surface area (Å²) >= 11 is 0. The molecular formula is C26H32N2O5. The number of carbonyl (C=O) groups is 3. The third-order valence-corrected chi connectivity index (χ3v) is 6.30. The second-order valence-electron chi connectivity index (χ2n) is 8.52. The Hall–Kier alpha value is -3.35. The summed E-state index contributed by atoms with van der Waals surface area (Å²) in [6.45, 7) is 5.74. The Labute approximate surface area is 194 Å². The van der Waals surface area contributed by atoms with Gasteiger partial charge >= 0.3 is 12.1 Å². The van der Waals surface area contributed by atoms with Crippen molar-refractivity contribution in [1.82, 2.24) is 10.6 Å². The van der Waals surface area contributed by atoms with Crippen LogP contribution in [0.1, 0.15) is 57.1 Å². The smallest absolute Gasteiger partial charge is 0.407 e. The number of fused-ring (bicyclic) bond motifs is 3. The highest BCUT2D eigenvalue weighted by atomic mass is 16.5. The fourth-order valence-corrected chi connectivity index (χ4v) is 4.28. The van der Waals surface area contributed by atoms with Crippen LogP contribution in [0.15, 0.2) is 48.5 Å². The highest BCUT2D eigenvalue weighted by Gasteiger charge is 2.32. The van der Waals surface area contributed by atoms with Crippen molar-refractivity contribution in [2.45, 2.75) is 58.0 Å². The van der Waals surface area contributed by atoms with Gasteiger partial charge in [-0.1, -0.05) is 82.1 Å². The molecule has 0 aliphatic heterocycles. The van der Waals surface area contributed by atoms with Gasteiger partial charge in [-0.25, -0.2) is 9.59 Å². The van der Waals surface area contributed by atoms with Crippen LogP contribution in [0.4, 0.5) is 4.79 Å². The average molecular weight is 453 g/mol. The van der Waals surface area contributed by atoms with Crippen molar-refractivity contribution >= 4 is 18.0 Å². The molecule has 0 aromatic heterocycles. The van der Waals surface area contributed by atoms with Crippen LogP contribution >= 0.6 is 0 Å². The molecule has 3 unspecified atom stereocenters. The Morgan fingerprint density at radius 1 is 0.970 bits per heavy atom. The van der Waals surface area contributed by atoms with Gasteiger partial charge in [0.05, 0.1) is 0 Å². The van der Waals surface area contributed by atoms with Gasteiger partial charge in [0, 0.05) is 5.92 Å². The highest BCUT2D eigenvalue weighted by molar-refractivity contribution is 5.89. The van der Waals surface area contributed by atoms with Crippen molar-refractivity contribution < 1.29 is 24.2 Å². The number of hydrogen-bond donors (Lipinski definition) is 3. The van der Waals surface area contributed by atoms with Gasteiger partial charge < -0.3 is 20.5 Å². The molecule has 0 fully saturated rings. The first-order valence-electron chi connectivity index (χ1n) is 11.5. The van der Waals surface area contributed by atoms with Crippen molar-refractivity contribution in [1.29, 1.82) is 0 Å². The van der Waals surface area contributed by atoms with E-state index in [4.69, 9.17) is 4.74 Å². The fraction of sp³-hybridized carbons (Fsp3) is 0.423. The highest BCUT2D eigenvalue weighted by Crippen LogP contribution is 2.44. The number of carboxylic acids is 1. The lowest BCUT2D eigenvalue weighted by molar-refractivity contribution is -0.142. The maximum atomic E-state index is 12.8. The van der Waals surface area contributed by atoms with Gasteiger partial charge in [0.25, 0.3) is 0 Å². The van der Waals surface area contributed by atoms with Crippen LogP contribution in [0.3, 0.4) is 0 Å². The lowest BCUT2D eigenvalue weighted by Crippen LogP contribution is -2.54. The third kappa shape index (κ3) is 5.53. The monoisotopic (exact) mass is 452 g/mol. The van der Waals surface area contributed by atoms with Crippen LogP contribution in [0, 0.1) is 5.92 Å². The quantitative estimate of drug-likeness (QED) is 0.498. The van der Waals surface area contributed by atoms with Crippen LogP contribution in [-0.2, 0) is 14.3 Å². The van der Waals surface area contributed by atoms with Gasteiger partial charge in [-0.2, -0.15) is 0 Å². The standard InChI is InChI=1S/C26H32N2O5/c1-4-10-22(25(30)31)27-24(29)23(16(3)5-2)28-26(32)33-15-21-19-13-8-6-11-17(19)18-12-7-9-14-20(18)21/h6-9,11-14,16,21-23H,4-5,10,15H2,1-3H3,(H,27,29)(H,28,32)(H,30,31). The minimum Gasteiger partial charge on any atom is -0.480 e. The molecule has 7 heteroatoms. The summed E-state index contributed by atoms with van der Waals surface area (Å²) in [5.41, 5.74) is 4.47. The number of benzene rings is 2. The normalized spacial score (nSPS) is 15.0. The zero-order valence-corrected chi connectivity index (χ0v) is 19.3. The molecule has 1 aliphatic rings. The van der Waals surface area contributed by atoms with E-state index in [2.05, 4.69) is 22.8 Å². The molecule has 1 aliphatic carbocycles. The summed E-state index contributed by atoms with van der Waals surface area (Å²) in [6.07, 6.45) is 0.872. The molecular weight excluding hydrogens is 420 g/mol. The molecule has 176 valence electrons. The summed E-state index contributed by atoms with van der Waals surface area (Å²) in [4.78, 5) is 36.9. The van der Waals surface area contributed by atoms with Crippen LogP contribution in [0.2, 0.25) is 0 Å². The average Bonchev–Trinajstić information content (AvgIpc) is 3.14. The number of amides is 2. The van der Waals surface area contributed by atoms with E-state index in [1.807, 2.05) is 57.2 Å². The van der Waals surface area contributed by atoms with Crippen molar-refractivity contribution in [2.75, 3.05) is 6.61 Å². The fourth-order valence-electron chi connectivity index (χ4n) is 4.28. The number of hydrogen-bond acceptors (Lipinski definition) is 4. The van der Waals surface area contributed by atoms with E-state index in [0.29, 0.717) is 19.3 Å². The lowest BCUT2D eigenvalue weighted by atomic mass is 9.97. The van der Waals surface area contributed by atoms with Crippen LogP contribution in [0.5, 0.6) is 0 Å². The molecule has 3 N–H and O–H groups in total. The number of carbonyl (C=O) groups excluding carboxylic acids is 2. The number of nitrogens with one attached hydrogen (secondary N) is 2. The van der Waals surface area contributed by atoms with Gasteiger partial charge in [-0.05, 0) is 34.6 Å². The van der Waals surface area contributed by atoms with Crippen LogP contribution in [0.25, 0.3) is 11.1 Å². The van der Waals surface area contributed by atoms with Gasteiger partial charge in [0.2, 0.25) is 5.91 Å². The van der Waals surface area contributed by atoms with E-state index in [0.717, 1.165) is 22.3 Å². The molecule has 2 aromatic rings. The Balaban J connectivity index is 1.68. The van der Waals surface area contributed by atoms with Gasteiger partial charge in [0.15, 0.2) is 0 Å². The molecule has 0 saturated heterocycles. The molecule has 2 aromatic carbocycles. The summed E-state index contributed by atoms with van der Waals surface area (Å²) < 4.78 is 5.57. The number of carboxylic acid groups (broad SMARTS) is 1. The first kappa shape index (κ1) is 24.3. The van der Waals surface area contributed by atoms with E-state index in [1.165, 1.54) is 0 Å². The second-order valence-corrected chi connectivity index (χ2v) is 8.52. The molecule has 2 amide bonds. The molecule has 7 nitrogen and oxygen atoms in total. The minimum atomic E-state index is -1.09. The van der Waals surface area contributed by atoms with Crippen molar-refractivity contribution in [3.63, 3.8) is 0 Å². The van der Waals surface area contributed by atoms with E-state index in [1.54, 1.807) is 0 Å². The number of ether oxygens (including phenoxy) is 1. The number of aliphatic carboxylic acids is 1. The van der Waals surface area contributed by atoms with E-state index >= 15 is 0 Å². The first-order chi connectivity index (χ1) is 15.9. The van der Waals surface area contributed by atoms with Crippen LogP contribution in [-0.4, -0.2) is 41.8 Å². The van der Waals surface area contributed by atoms with E-state index < -0.39 is 30.1 Å². The summed E-state index contributed by atoms with van der Waals surface area (Å²) in [5, 5.41) is 14.6. The van der Waals surface area contributed by atoms with Gasteiger partial charge in [-0.3, -0.25) is 4.79 Å². The molecule has 3 rings (SSSR count). The Kier molecular flexibility index (Phi) is 8.09. The Morgan fingerprint density at radius 2 is 1.55 bits per heavy atom. The molecule has 0 spiro atoms. The number of rotatable bonds is 10. The molecule has 3 atom stereocenters. The molecule has 0 heterocycles. The Bertz CT molecular complexity index is 960. The summed E-state index contributed by atoms with van der Waals surface area (Å²) in [7, 11) is 0.